The minimum Gasteiger partial charge on any atom is -0.421 e. The molecule has 9 nitrogen and oxygen atoms in total. The van der Waals surface area contributed by atoms with Crippen LogP contribution in [0, 0.1) is 24.4 Å². The van der Waals surface area contributed by atoms with E-state index < -0.39 is 23.4 Å². The van der Waals surface area contributed by atoms with Crippen molar-refractivity contribution in [2.75, 3.05) is 6.54 Å². The molecule has 6 heterocycles. The third kappa shape index (κ3) is 5.37. The Balaban J connectivity index is 1.31. The van der Waals surface area contributed by atoms with Gasteiger partial charge in [-0.25, -0.2) is 13.2 Å². The fraction of sp³-hybridized carbons (Fsp3) is 0.250. The third-order valence-corrected chi connectivity index (χ3v) is 9.10. The first-order valence-electron chi connectivity index (χ1n) is 14.4. The Hall–Kier alpha value is -4.91. The van der Waals surface area contributed by atoms with Gasteiger partial charge in [0.1, 0.15) is 5.82 Å². The van der Waals surface area contributed by atoms with Crippen LogP contribution in [0.15, 0.2) is 53.1 Å². The fourth-order valence-electron chi connectivity index (χ4n) is 5.92. The molecule has 228 valence electrons. The number of hydrogen-bond donors (Lipinski definition) is 1. The predicted molar refractivity (Wildman–Crippen MR) is 158 cm³/mol. The molecule has 2 aliphatic heterocycles. The van der Waals surface area contributed by atoms with Gasteiger partial charge in [-0.3, -0.25) is 19.6 Å². The number of rotatable bonds is 8. The zero-order chi connectivity index (χ0) is 31.2. The summed E-state index contributed by atoms with van der Waals surface area (Å²) in [6, 6.07) is 9.68. The van der Waals surface area contributed by atoms with Gasteiger partial charge in [-0.15, -0.1) is 21.5 Å². The number of benzene rings is 1. The lowest BCUT2D eigenvalue weighted by atomic mass is 9.93. The summed E-state index contributed by atoms with van der Waals surface area (Å²) in [5.74, 6) is -2.42. The van der Waals surface area contributed by atoms with Gasteiger partial charge in [0.2, 0.25) is 11.8 Å². The fourth-order valence-corrected chi connectivity index (χ4v) is 6.90. The standard InChI is InChI=1S/C32H25F3N6O3S/c1-16-39-40-31(44-16)26-22(9-7-19-6-5-18(33)15-36-19)38-29-23-3-2-12-41(23)32(43)28(29)27(26)24-10-11-25(45-24)30(42)37-14-17-4-8-20(34)21(35)13-17/h4-6,8,10-11,13,15,23H,2-3,7,9,12,14H2,1H3,(H,37,42)/t23-/m1/s1. The molecule has 7 rings (SSSR count). The van der Waals surface area contributed by atoms with E-state index in [2.05, 4.69) is 20.5 Å². The van der Waals surface area contributed by atoms with E-state index in [1.54, 1.807) is 25.1 Å². The summed E-state index contributed by atoms with van der Waals surface area (Å²) >= 11 is 1.18. The van der Waals surface area contributed by atoms with Crippen molar-refractivity contribution >= 4 is 23.2 Å². The lowest BCUT2D eigenvalue weighted by Gasteiger charge is -2.16. The minimum atomic E-state index is -0.994. The van der Waals surface area contributed by atoms with E-state index in [0.29, 0.717) is 74.4 Å². The SMILES string of the molecule is Cc1nnc(-c2c(CCc3ccc(F)cn3)nc3c(c2-c2ccc(C(=O)NCc4ccc(F)c(F)c4)s2)C(=O)N2CCC[C@H]32)o1. The van der Waals surface area contributed by atoms with E-state index in [0.717, 1.165) is 25.0 Å². The zero-order valence-electron chi connectivity index (χ0n) is 23.9. The topological polar surface area (TPSA) is 114 Å². The Labute approximate surface area is 259 Å². The highest BCUT2D eigenvalue weighted by molar-refractivity contribution is 7.17. The van der Waals surface area contributed by atoms with Crippen molar-refractivity contribution in [3.05, 3.63) is 105 Å². The van der Waals surface area contributed by atoms with Gasteiger partial charge in [-0.2, -0.15) is 0 Å². The van der Waals surface area contributed by atoms with E-state index in [9.17, 15) is 22.8 Å². The Kier molecular flexibility index (Phi) is 7.40. The van der Waals surface area contributed by atoms with E-state index in [4.69, 9.17) is 9.40 Å². The second-order valence-corrected chi connectivity index (χ2v) is 12.0. The monoisotopic (exact) mass is 630 g/mol. The Morgan fingerprint density at radius 2 is 1.91 bits per heavy atom. The molecule has 1 aromatic carbocycles. The van der Waals surface area contributed by atoms with Crippen molar-refractivity contribution in [3.63, 3.8) is 0 Å². The molecular formula is C32H25F3N6O3S. The number of hydrogen-bond acceptors (Lipinski definition) is 8. The lowest BCUT2D eigenvalue weighted by Crippen LogP contribution is -2.23. The summed E-state index contributed by atoms with van der Waals surface area (Å²) in [6.07, 6.45) is 3.65. The molecule has 0 radical (unpaired) electrons. The van der Waals surface area contributed by atoms with E-state index in [1.165, 1.54) is 29.7 Å². The number of halogens is 3. The number of fused-ring (bicyclic) bond motifs is 3. The number of pyridine rings is 2. The number of nitrogens with zero attached hydrogens (tertiary/aromatic N) is 5. The van der Waals surface area contributed by atoms with Crippen molar-refractivity contribution in [3.8, 4) is 21.9 Å². The van der Waals surface area contributed by atoms with Crippen molar-refractivity contribution in [2.24, 2.45) is 0 Å². The van der Waals surface area contributed by atoms with Gasteiger partial charge in [0.15, 0.2) is 11.6 Å². The predicted octanol–water partition coefficient (Wildman–Crippen LogP) is 5.99. The highest BCUT2D eigenvalue weighted by atomic mass is 32.1. The molecule has 13 heteroatoms. The van der Waals surface area contributed by atoms with Crippen LogP contribution in [0.2, 0.25) is 0 Å². The first-order chi connectivity index (χ1) is 21.8. The molecule has 1 fully saturated rings. The molecule has 0 saturated carbocycles. The molecule has 0 unspecified atom stereocenters. The summed E-state index contributed by atoms with van der Waals surface area (Å²) in [7, 11) is 0. The molecule has 45 heavy (non-hydrogen) atoms. The highest BCUT2D eigenvalue weighted by Crippen LogP contribution is 2.49. The normalized spacial score (nSPS) is 15.4. The van der Waals surface area contributed by atoms with Crippen LogP contribution in [-0.2, 0) is 19.4 Å². The van der Waals surface area contributed by atoms with Crippen LogP contribution < -0.4 is 5.32 Å². The van der Waals surface area contributed by atoms with Gasteiger partial charge in [0.25, 0.3) is 11.8 Å². The van der Waals surface area contributed by atoms with Crippen LogP contribution in [0.5, 0.6) is 0 Å². The van der Waals surface area contributed by atoms with Crippen LogP contribution >= 0.6 is 11.3 Å². The molecule has 0 aliphatic carbocycles. The molecule has 4 aromatic heterocycles. The summed E-state index contributed by atoms with van der Waals surface area (Å²) in [6.45, 7) is 2.28. The number of nitrogens with one attached hydrogen (secondary N) is 1. The van der Waals surface area contributed by atoms with Gasteiger partial charge in [-0.05, 0) is 67.6 Å². The summed E-state index contributed by atoms with van der Waals surface area (Å²) in [5, 5.41) is 11.1. The first-order valence-corrected chi connectivity index (χ1v) is 15.2. The maximum Gasteiger partial charge on any atom is 0.261 e. The molecule has 1 N–H and O–H groups in total. The quantitative estimate of drug-likeness (QED) is 0.224. The maximum absolute atomic E-state index is 13.9. The molecule has 1 atom stereocenters. The molecule has 0 bridgehead atoms. The smallest absolute Gasteiger partial charge is 0.261 e. The lowest BCUT2D eigenvalue weighted by molar-refractivity contribution is 0.0776. The summed E-state index contributed by atoms with van der Waals surface area (Å²) in [5.41, 5.74) is 3.89. The van der Waals surface area contributed by atoms with Crippen molar-refractivity contribution in [2.45, 2.75) is 45.2 Å². The second-order valence-electron chi connectivity index (χ2n) is 10.9. The summed E-state index contributed by atoms with van der Waals surface area (Å²) in [4.78, 5) is 39.1. The Bertz CT molecular complexity index is 1960. The molecule has 2 amide bonds. The van der Waals surface area contributed by atoms with Gasteiger partial charge in [0.05, 0.1) is 39.6 Å². The number of aryl methyl sites for hydroxylation is 3. The first kappa shape index (κ1) is 28.8. The number of aromatic nitrogens is 4. The summed E-state index contributed by atoms with van der Waals surface area (Å²) < 4.78 is 46.4. The Morgan fingerprint density at radius 3 is 2.67 bits per heavy atom. The maximum atomic E-state index is 13.9. The van der Waals surface area contributed by atoms with E-state index in [-0.39, 0.29) is 24.4 Å². The van der Waals surface area contributed by atoms with Gasteiger partial charge >= 0.3 is 0 Å². The van der Waals surface area contributed by atoms with E-state index in [1.807, 2.05) is 4.90 Å². The Morgan fingerprint density at radius 1 is 1.04 bits per heavy atom. The van der Waals surface area contributed by atoms with Crippen LogP contribution in [0.3, 0.4) is 0 Å². The number of carbonyl (C=O) groups excluding carboxylic acids is 2. The van der Waals surface area contributed by atoms with Crippen molar-refractivity contribution < 1.29 is 27.2 Å². The average Bonchev–Trinajstić information content (AvgIpc) is 3.84. The number of thiophene rings is 1. The van der Waals surface area contributed by atoms with Gasteiger partial charge in [0, 0.05) is 36.1 Å². The average molecular weight is 631 g/mol. The van der Waals surface area contributed by atoms with Gasteiger partial charge < -0.3 is 14.6 Å². The van der Waals surface area contributed by atoms with Crippen molar-refractivity contribution in [1.29, 1.82) is 0 Å². The number of carbonyl (C=O) groups is 2. The third-order valence-electron chi connectivity index (χ3n) is 8.00. The molecule has 1 saturated heterocycles. The molecular weight excluding hydrogens is 605 g/mol. The number of amides is 2. The largest absolute Gasteiger partial charge is 0.421 e. The van der Waals surface area contributed by atoms with Crippen LogP contribution in [0.4, 0.5) is 13.2 Å². The zero-order valence-corrected chi connectivity index (χ0v) is 24.8. The second kappa shape index (κ2) is 11.5. The minimum absolute atomic E-state index is 0.00285. The van der Waals surface area contributed by atoms with E-state index >= 15 is 0 Å². The molecule has 5 aromatic rings. The van der Waals surface area contributed by atoms with Gasteiger partial charge in [-0.1, -0.05) is 6.07 Å². The van der Waals surface area contributed by atoms with Crippen LogP contribution in [-0.4, -0.2) is 43.4 Å². The van der Waals surface area contributed by atoms with Crippen molar-refractivity contribution in [1.82, 2.24) is 30.4 Å². The highest BCUT2D eigenvalue weighted by Gasteiger charge is 2.44. The molecule has 0 spiro atoms. The molecule has 2 aliphatic rings. The van der Waals surface area contributed by atoms with Crippen LogP contribution in [0.1, 0.15) is 67.4 Å². The van der Waals surface area contributed by atoms with Crippen LogP contribution in [0.25, 0.3) is 21.9 Å².